The van der Waals surface area contributed by atoms with Crippen LogP contribution in [0, 0.1) is 0 Å². The van der Waals surface area contributed by atoms with E-state index < -0.39 is 37.1 Å². The van der Waals surface area contributed by atoms with Gasteiger partial charge in [0.15, 0.2) is 0 Å². The van der Waals surface area contributed by atoms with Crippen LogP contribution in [0.15, 0.2) is 42.5 Å². The second-order valence-electron chi connectivity index (χ2n) is 8.03. The summed E-state index contributed by atoms with van der Waals surface area (Å²) in [6, 6.07) is 13.1. The Bertz CT molecular complexity index is 869. The molecule has 31 heavy (non-hydrogen) atoms. The summed E-state index contributed by atoms with van der Waals surface area (Å²) < 4.78 is 16.9. The van der Waals surface area contributed by atoms with Crippen LogP contribution in [0.1, 0.15) is 29.2 Å². The van der Waals surface area contributed by atoms with Gasteiger partial charge in [0, 0.05) is 11.4 Å². The van der Waals surface area contributed by atoms with Crippen molar-refractivity contribution >= 4 is 11.6 Å². The molecular formula is C23H27ClO7. The zero-order valence-corrected chi connectivity index (χ0v) is 17.7. The molecule has 0 aromatic heterocycles. The van der Waals surface area contributed by atoms with Crippen molar-refractivity contribution in [2.45, 2.75) is 49.5 Å². The first kappa shape index (κ1) is 22.5. The smallest absolute Gasteiger partial charge is 0.124 e. The lowest BCUT2D eigenvalue weighted by Gasteiger charge is -2.19. The van der Waals surface area contributed by atoms with Gasteiger partial charge in [0.05, 0.1) is 19.8 Å². The Morgan fingerprint density at radius 3 is 2.55 bits per heavy atom. The van der Waals surface area contributed by atoms with Crippen LogP contribution in [0.5, 0.6) is 5.75 Å². The minimum atomic E-state index is -1.30. The number of hydrogen-bond acceptors (Lipinski definition) is 7. The maximum atomic E-state index is 10.4. The molecule has 2 aromatic carbocycles. The fourth-order valence-electron chi connectivity index (χ4n) is 4.01. The van der Waals surface area contributed by atoms with E-state index in [4.69, 9.17) is 30.9 Å². The Hall–Kier alpha value is -1.71. The fraction of sp³-hybridized carbons (Fsp3) is 0.478. The zero-order chi connectivity index (χ0) is 22.0. The van der Waals surface area contributed by atoms with Crippen LogP contribution in [0.4, 0.5) is 0 Å². The highest BCUT2D eigenvalue weighted by atomic mass is 35.5. The van der Waals surface area contributed by atoms with Gasteiger partial charge >= 0.3 is 0 Å². The molecule has 2 fully saturated rings. The lowest BCUT2D eigenvalue weighted by Crippen LogP contribution is -2.40. The van der Waals surface area contributed by atoms with Gasteiger partial charge in [-0.1, -0.05) is 35.9 Å². The second-order valence-corrected chi connectivity index (χ2v) is 8.43. The Balaban J connectivity index is 1.47. The predicted molar refractivity (Wildman–Crippen MR) is 113 cm³/mol. The highest BCUT2D eigenvalue weighted by Gasteiger charge is 2.46. The Morgan fingerprint density at radius 2 is 1.87 bits per heavy atom. The first-order chi connectivity index (χ1) is 15.0. The summed E-state index contributed by atoms with van der Waals surface area (Å²) in [5.74, 6) is 0.795. The summed E-state index contributed by atoms with van der Waals surface area (Å²) in [5.41, 5.74) is 2.52. The summed E-state index contributed by atoms with van der Waals surface area (Å²) in [4.78, 5) is 0. The van der Waals surface area contributed by atoms with Crippen LogP contribution in [0.25, 0.3) is 0 Å². The number of halogens is 1. The number of benzene rings is 2. The molecule has 2 saturated heterocycles. The zero-order valence-electron chi connectivity index (χ0n) is 16.9. The monoisotopic (exact) mass is 450 g/mol. The van der Waals surface area contributed by atoms with E-state index in [1.54, 1.807) is 12.1 Å². The van der Waals surface area contributed by atoms with Crippen molar-refractivity contribution in [3.63, 3.8) is 0 Å². The first-order valence-electron chi connectivity index (χ1n) is 10.4. The van der Waals surface area contributed by atoms with Crippen LogP contribution in [0.2, 0.25) is 5.02 Å². The van der Waals surface area contributed by atoms with Gasteiger partial charge in [-0.25, -0.2) is 0 Å². The second kappa shape index (κ2) is 9.83. The first-order valence-corrected chi connectivity index (χ1v) is 10.8. The van der Waals surface area contributed by atoms with E-state index in [9.17, 15) is 15.3 Å². The van der Waals surface area contributed by atoms with Gasteiger partial charge in [-0.15, -0.1) is 0 Å². The van der Waals surface area contributed by atoms with E-state index in [0.29, 0.717) is 23.6 Å². The SMILES string of the molecule is OC[C@@H](O)[C@H]1OC(c2ccc(Cl)c(Cc3ccc(OC4CCOC4)cc3)c2)[C@H](O)[C@H]1O. The molecule has 168 valence electrons. The molecule has 6 atom stereocenters. The van der Waals surface area contributed by atoms with Crippen molar-refractivity contribution in [3.8, 4) is 5.75 Å². The van der Waals surface area contributed by atoms with Gasteiger partial charge in [-0.05, 0) is 41.3 Å². The number of ether oxygens (including phenoxy) is 3. The topological polar surface area (TPSA) is 109 Å². The normalized spacial score (nSPS) is 29.3. The maximum absolute atomic E-state index is 10.4. The number of aliphatic hydroxyl groups excluding tert-OH is 4. The Labute approximate surface area is 185 Å². The van der Waals surface area contributed by atoms with Crippen LogP contribution < -0.4 is 4.74 Å². The Morgan fingerprint density at radius 1 is 1.10 bits per heavy atom. The van der Waals surface area contributed by atoms with Crippen molar-refractivity contribution in [1.29, 1.82) is 0 Å². The third-order valence-electron chi connectivity index (χ3n) is 5.77. The summed E-state index contributed by atoms with van der Waals surface area (Å²) >= 11 is 6.40. The lowest BCUT2D eigenvalue weighted by molar-refractivity contribution is -0.0820. The quantitative estimate of drug-likeness (QED) is 0.507. The highest BCUT2D eigenvalue weighted by molar-refractivity contribution is 6.31. The van der Waals surface area contributed by atoms with Crippen molar-refractivity contribution in [2.75, 3.05) is 19.8 Å². The molecule has 0 amide bonds. The third-order valence-corrected chi connectivity index (χ3v) is 6.14. The number of hydrogen-bond donors (Lipinski definition) is 4. The molecule has 2 heterocycles. The highest BCUT2D eigenvalue weighted by Crippen LogP contribution is 2.36. The van der Waals surface area contributed by atoms with Crippen molar-refractivity contribution in [3.05, 3.63) is 64.2 Å². The summed E-state index contributed by atoms with van der Waals surface area (Å²) in [6.45, 7) is 0.776. The number of aliphatic hydroxyl groups is 4. The molecule has 0 bridgehead atoms. The molecule has 0 saturated carbocycles. The van der Waals surface area contributed by atoms with Gasteiger partial charge < -0.3 is 34.6 Å². The molecule has 4 N–H and O–H groups in total. The van der Waals surface area contributed by atoms with Gasteiger partial charge in [0.25, 0.3) is 0 Å². The van der Waals surface area contributed by atoms with Crippen molar-refractivity contribution in [1.82, 2.24) is 0 Å². The van der Waals surface area contributed by atoms with E-state index in [1.807, 2.05) is 30.3 Å². The van der Waals surface area contributed by atoms with Crippen molar-refractivity contribution in [2.24, 2.45) is 0 Å². The average molecular weight is 451 g/mol. The largest absolute Gasteiger partial charge is 0.488 e. The molecule has 8 heteroatoms. The molecular weight excluding hydrogens is 424 g/mol. The van der Waals surface area contributed by atoms with Gasteiger partial charge in [0.1, 0.15) is 42.4 Å². The molecule has 2 aromatic rings. The molecule has 0 radical (unpaired) electrons. The fourth-order valence-corrected chi connectivity index (χ4v) is 4.20. The minimum Gasteiger partial charge on any atom is -0.488 e. The molecule has 4 rings (SSSR count). The molecule has 0 aliphatic carbocycles. The van der Waals surface area contributed by atoms with Crippen LogP contribution >= 0.6 is 11.6 Å². The van der Waals surface area contributed by atoms with E-state index in [-0.39, 0.29) is 6.10 Å². The van der Waals surface area contributed by atoms with E-state index >= 15 is 0 Å². The number of rotatable bonds is 7. The maximum Gasteiger partial charge on any atom is 0.124 e. The predicted octanol–water partition coefficient (Wildman–Crippen LogP) is 1.61. The minimum absolute atomic E-state index is 0.0957. The van der Waals surface area contributed by atoms with Crippen LogP contribution in [-0.4, -0.2) is 70.8 Å². The average Bonchev–Trinajstić information content (AvgIpc) is 3.39. The standard InChI is InChI=1S/C23H27ClO7/c24-18-6-3-14(22-20(27)21(28)23(31-22)19(26)11-25)10-15(18)9-13-1-4-16(5-2-13)30-17-7-8-29-12-17/h1-6,10,17,19-23,25-28H,7-9,11-12H2/t17?,19-,20-,21-,22?,23-/m1/s1. The summed E-state index contributed by atoms with van der Waals surface area (Å²) in [6.07, 6.45) is -4.15. The molecule has 0 spiro atoms. The van der Waals surface area contributed by atoms with E-state index in [0.717, 1.165) is 29.9 Å². The van der Waals surface area contributed by atoms with Crippen LogP contribution in [-0.2, 0) is 15.9 Å². The molecule has 2 unspecified atom stereocenters. The summed E-state index contributed by atoms with van der Waals surface area (Å²) in [7, 11) is 0. The van der Waals surface area contributed by atoms with Crippen molar-refractivity contribution < 1.29 is 34.6 Å². The molecule has 2 aliphatic rings. The molecule has 2 aliphatic heterocycles. The molecule has 7 nitrogen and oxygen atoms in total. The van der Waals surface area contributed by atoms with Gasteiger partial charge in [-0.3, -0.25) is 0 Å². The lowest BCUT2D eigenvalue weighted by atomic mass is 9.96. The summed E-state index contributed by atoms with van der Waals surface area (Å²) in [5, 5.41) is 40.1. The van der Waals surface area contributed by atoms with E-state index in [2.05, 4.69) is 0 Å². The van der Waals surface area contributed by atoms with Gasteiger partial charge in [0.2, 0.25) is 0 Å². The van der Waals surface area contributed by atoms with E-state index in [1.165, 1.54) is 0 Å². The Kier molecular flexibility index (Phi) is 7.13. The van der Waals surface area contributed by atoms with Gasteiger partial charge in [-0.2, -0.15) is 0 Å². The van der Waals surface area contributed by atoms with Crippen LogP contribution in [0.3, 0.4) is 0 Å². The third kappa shape index (κ3) is 5.04.